The van der Waals surface area contributed by atoms with E-state index in [9.17, 15) is 0 Å². The molecule has 0 bridgehead atoms. The lowest BCUT2D eigenvalue weighted by atomic mass is 10.4. The topological polar surface area (TPSA) is 37.0 Å². The van der Waals surface area contributed by atoms with Crippen LogP contribution in [-0.2, 0) is 0 Å². The molecular formula is C17H20ClN3S3. The van der Waals surface area contributed by atoms with E-state index < -0.39 is 0 Å². The maximum absolute atomic E-state index is 6.28. The summed E-state index contributed by atoms with van der Waals surface area (Å²) in [5.41, 5.74) is 0. The normalized spacial score (nSPS) is 10.6. The van der Waals surface area contributed by atoms with E-state index in [-0.39, 0.29) is 0 Å². The quantitative estimate of drug-likeness (QED) is 0.300. The minimum atomic E-state index is 0.554. The van der Waals surface area contributed by atoms with Gasteiger partial charge in [0.05, 0.1) is 14.9 Å². The molecule has 0 atom stereocenters. The van der Waals surface area contributed by atoms with E-state index in [1.165, 1.54) is 0 Å². The summed E-state index contributed by atoms with van der Waals surface area (Å²) in [6, 6.07) is 9.91. The molecule has 2 aromatic rings. The van der Waals surface area contributed by atoms with Crippen molar-refractivity contribution in [2.24, 2.45) is 0 Å². The van der Waals surface area contributed by atoms with Crippen LogP contribution in [0.3, 0.4) is 0 Å². The highest BCUT2D eigenvalue weighted by Crippen LogP contribution is 2.38. The molecule has 0 unspecified atom stereocenters. The molecule has 0 amide bonds. The highest BCUT2D eigenvalue weighted by Gasteiger charge is 2.10. The number of hydrogen-bond donors (Lipinski definition) is 3. The third-order valence-corrected chi connectivity index (χ3v) is 5.70. The molecule has 7 heteroatoms. The molecular weight excluding hydrogens is 378 g/mol. The Morgan fingerprint density at radius 2 is 2.12 bits per heavy atom. The Bertz CT molecular complexity index is 695. The monoisotopic (exact) mass is 397 g/mol. The van der Waals surface area contributed by atoms with Crippen molar-refractivity contribution < 1.29 is 0 Å². The first-order chi connectivity index (χ1) is 11.6. The SMILES string of the molecule is C=C(S)Nc1ncc(SCCCNC)cc1Sc1ccccc1Cl. The third-order valence-electron chi connectivity index (χ3n) is 2.99. The van der Waals surface area contributed by atoms with Crippen LogP contribution in [-0.4, -0.2) is 24.3 Å². The Hall–Kier alpha value is -0.790. The zero-order valence-corrected chi connectivity index (χ0v) is 16.7. The number of benzene rings is 1. The number of rotatable bonds is 9. The molecule has 0 radical (unpaired) electrons. The van der Waals surface area contributed by atoms with E-state index in [1.54, 1.807) is 23.5 Å². The second-order valence-electron chi connectivity index (χ2n) is 4.93. The average Bonchev–Trinajstić information content (AvgIpc) is 2.55. The third kappa shape index (κ3) is 6.26. The van der Waals surface area contributed by atoms with Gasteiger partial charge in [0.15, 0.2) is 0 Å². The molecule has 1 aromatic heterocycles. The molecule has 24 heavy (non-hydrogen) atoms. The second kappa shape index (κ2) is 10.3. The maximum Gasteiger partial charge on any atom is 0.144 e. The van der Waals surface area contributed by atoms with Gasteiger partial charge in [0.2, 0.25) is 0 Å². The van der Waals surface area contributed by atoms with Crippen molar-refractivity contribution in [2.75, 3.05) is 24.7 Å². The van der Waals surface area contributed by atoms with Crippen LogP contribution in [0.1, 0.15) is 6.42 Å². The van der Waals surface area contributed by atoms with Crippen molar-refractivity contribution in [2.45, 2.75) is 21.1 Å². The van der Waals surface area contributed by atoms with Gasteiger partial charge in [-0.15, -0.1) is 24.4 Å². The number of thiol groups is 1. The number of pyridine rings is 1. The van der Waals surface area contributed by atoms with E-state index in [4.69, 9.17) is 11.6 Å². The number of hydrogen-bond acceptors (Lipinski definition) is 6. The average molecular weight is 398 g/mol. The molecule has 0 saturated heterocycles. The van der Waals surface area contributed by atoms with Gasteiger partial charge < -0.3 is 10.6 Å². The summed E-state index contributed by atoms with van der Waals surface area (Å²) in [5.74, 6) is 1.78. The van der Waals surface area contributed by atoms with Gasteiger partial charge in [-0.3, -0.25) is 0 Å². The van der Waals surface area contributed by atoms with Gasteiger partial charge >= 0.3 is 0 Å². The Morgan fingerprint density at radius 1 is 1.33 bits per heavy atom. The molecule has 0 saturated carbocycles. The van der Waals surface area contributed by atoms with E-state index in [0.29, 0.717) is 5.03 Å². The van der Waals surface area contributed by atoms with Gasteiger partial charge in [0.1, 0.15) is 5.82 Å². The maximum atomic E-state index is 6.28. The van der Waals surface area contributed by atoms with Crippen molar-refractivity contribution in [3.8, 4) is 0 Å². The fraction of sp³-hybridized carbons (Fsp3) is 0.235. The van der Waals surface area contributed by atoms with E-state index in [2.05, 4.69) is 40.9 Å². The van der Waals surface area contributed by atoms with Crippen molar-refractivity contribution in [1.82, 2.24) is 10.3 Å². The molecule has 0 aliphatic carbocycles. The Kier molecular flexibility index (Phi) is 8.35. The van der Waals surface area contributed by atoms with Gasteiger partial charge in [0.25, 0.3) is 0 Å². The van der Waals surface area contributed by atoms with Crippen LogP contribution in [0, 0.1) is 0 Å². The van der Waals surface area contributed by atoms with Gasteiger partial charge in [-0.05, 0) is 44.0 Å². The van der Waals surface area contributed by atoms with Crippen molar-refractivity contribution in [3.05, 3.63) is 53.2 Å². The lowest BCUT2D eigenvalue weighted by Gasteiger charge is -2.12. The lowest BCUT2D eigenvalue weighted by Crippen LogP contribution is -2.08. The van der Waals surface area contributed by atoms with Gasteiger partial charge in [-0.2, -0.15) is 0 Å². The lowest BCUT2D eigenvalue weighted by molar-refractivity contribution is 0.778. The number of halogens is 1. The van der Waals surface area contributed by atoms with Crippen LogP contribution in [0.4, 0.5) is 5.82 Å². The van der Waals surface area contributed by atoms with Crippen LogP contribution < -0.4 is 10.6 Å². The highest BCUT2D eigenvalue weighted by molar-refractivity contribution is 8.00. The van der Waals surface area contributed by atoms with Crippen LogP contribution in [0.15, 0.2) is 62.8 Å². The molecule has 1 heterocycles. The number of anilines is 1. The summed E-state index contributed by atoms with van der Waals surface area (Å²) in [7, 11) is 1.97. The van der Waals surface area contributed by atoms with Gasteiger partial charge in [-0.1, -0.05) is 42.1 Å². The van der Waals surface area contributed by atoms with Crippen molar-refractivity contribution in [1.29, 1.82) is 0 Å². The van der Waals surface area contributed by atoms with Crippen molar-refractivity contribution in [3.63, 3.8) is 0 Å². The molecule has 0 aliphatic rings. The van der Waals surface area contributed by atoms with Crippen LogP contribution in [0.5, 0.6) is 0 Å². The molecule has 1 aromatic carbocycles. The van der Waals surface area contributed by atoms with Crippen molar-refractivity contribution >= 4 is 53.6 Å². The minimum absolute atomic E-state index is 0.554. The minimum Gasteiger partial charge on any atom is -0.335 e. The largest absolute Gasteiger partial charge is 0.335 e. The highest BCUT2D eigenvalue weighted by atomic mass is 35.5. The summed E-state index contributed by atoms with van der Waals surface area (Å²) >= 11 is 13.9. The predicted octanol–water partition coefficient (Wildman–Crippen LogP) is 5.40. The van der Waals surface area contributed by atoms with E-state index in [0.717, 1.165) is 44.2 Å². The van der Waals surface area contributed by atoms with Crippen LogP contribution in [0.25, 0.3) is 0 Å². The summed E-state index contributed by atoms with van der Waals surface area (Å²) in [4.78, 5) is 7.65. The summed E-state index contributed by atoms with van der Waals surface area (Å²) in [5, 5.41) is 7.53. The smallest absolute Gasteiger partial charge is 0.144 e. The molecule has 0 spiro atoms. The zero-order chi connectivity index (χ0) is 17.4. The molecule has 0 fully saturated rings. The summed E-state index contributed by atoms with van der Waals surface area (Å²) in [6.07, 6.45) is 2.99. The standard InChI is InChI=1S/C17H20ClN3S3/c1-12(22)21-17-16(24-15-7-4-3-6-14(15)18)10-13(11-20-17)23-9-5-8-19-2/h3-4,6-7,10-11,19,22H,1,5,8-9H2,2H3,(H,20,21). The van der Waals surface area contributed by atoms with E-state index in [1.807, 2.05) is 37.5 Å². The number of thioether (sulfide) groups is 1. The Labute approximate surface area is 162 Å². The van der Waals surface area contributed by atoms with E-state index >= 15 is 0 Å². The number of nitrogens with one attached hydrogen (secondary N) is 2. The first kappa shape index (κ1) is 19.5. The van der Waals surface area contributed by atoms with Gasteiger partial charge in [-0.25, -0.2) is 4.98 Å². The van der Waals surface area contributed by atoms with Crippen LogP contribution in [0.2, 0.25) is 5.02 Å². The molecule has 3 nitrogen and oxygen atoms in total. The zero-order valence-electron chi connectivity index (χ0n) is 13.4. The first-order valence-corrected chi connectivity index (χ1v) is 10.1. The number of aromatic nitrogens is 1. The molecule has 2 rings (SSSR count). The predicted molar refractivity (Wildman–Crippen MR) is 111 cm³/mol. The molecule has 0 aliphatic heterocycles. The molecule has 2 N–H and O–H groups in total. The summed E-state index contributed by atoms with van der Waals surface area (Å²) in [6.45, 7) is 4.79. The summed E-state index contributed by atoms with van der Waals surface area (Å²) < 4.78 is 0. The Balaban J connectivity index is 2.20. The van der Waals surface area contributed by atoms with Gasteiger partial charge in [0, 0.05) is 16.0 Å². The fourth-order valence-corrected chi connectivity index (χ4v) is 4.12. The Morgan fingerprint density at radius 3 is 2.83 bits per heavy atom. The second-order valence-corrected chi connectivity index (χ2v) is 8.13. The number of nitrogens with zero attached hydrogens (tertiary/aromatic N) is 1. The van der Waals surface area contributed by atoms with Crippen LogP contribution >= 0.6 is 47.8 Å². The fourth-order valence-electron chi connectivity index (χ4n) is 1.90. The first-order valence-electron chi connectivity index (χ1n) is 7.45. The molecule has 128 valence electrons.